The highest BCUT2D eigenvalue weighted by molar-refractivity contribution is 6.37. The van der Waals surface area contributed by atoms with Gasteiger partial charge in [0.05, 0.1) is 23.1 Å². The van der Waals surface area contributed by atoms with Crippen LogP contribution in [0.1, 0.15) is 0 Å². The highest BCUT2D eigenvalue weighted by Crippen LogP contribution is 2.32. The zero-order valence-electron chi connectivity index (χ0n) is 6.83. The van der Waals surface area contributed by atoms with Crippen LogP contribution in [0.4, 0.5) is 5.69 Å². The van der Waals surface area contributed by atoms with E-state index in [9.17, 15) is 0 Å². The fourth-order valence-corrected chi connectivity index (χ4v) is 1.55. The number of nitrogens with two attached hydrogens (primary N) is 1. The third kappa shape index (κ3) is 1.40. The summed E-state index contributed by atoms with van der Waals surface area (Å²) in [5.41, 5.74) is 7.08. The third-order valence-corrected chi connectivity index (χ3v) is 2.25. The van der Waals surface area contributed by atoms with Crippen molar-refractivity contribution in [2.75, 3.05) is 5.73 Å². The van der Waals surface area contributed by atoms with Crippen LogP contribution in [0.5, 0.6) is 0 Å². The molecule has 3 N–H and O–H groups in total. The van der Waals surface area contributed by atoms with Crippen LogP contribution in [0.25, 0.3) is 11.3 Å². The van der Waals surface area contributed by atoms with E-state index in [1.807, 2.05) is 0 Å². The van der Waals surface area contributed by atoms with Crippen molar-refractivity contribution in [1.29, 1.82) is 0 Å². The first kappa shape index (κ1) is 9.23. The molecule has 0 unspecified atom stereocenters. The molecule has 0 aliphatic carbocycles. The standard InChI is InChI=1S/C7H5Cl2N5/c8-6-4(7(9)12-2-11-6)5-3(10)1-13-14-5/h1-2H,10H2,(H,13,14). The summed E-state index contributed by atoms with van der Waals surface area (Å²) in [5, 5.41) is 6.91. The van der Waals surface area contributed by atoms with Gasteiger partial charge in [-0.3, -0.25) is 5.10 Å². The van der Waals surface area contributed by atoms with E-state index in [4.69, 9.17) is 28.9 Å². The van der Waals surface area contributed by atoms with E-state index in [1.165, 1.54) is 12.5 Å². The summed E-state index contributed by atoms with van der Waals surface area (Å²) >= 11 is 11.7. The summed E-state index contributed by atoms with van der Waals surface area (Å²) in [6, 6.07) is 0. The maximum absolute atomic E-state index is 5.85. The number of aromatic amines is 1. The Morgan fingerprint density at radius 3 is 2.36 bits per heavy atom. The Balaban J connectivity index is 2.68. The van der Waals surface area contributed by atoms with Crippen LogP contribution in [0.2, 0.25) is 10.3 Å². The second kappa shape index (κ2) is 3.43. The molecule has 0 spiro atoms. The zero-order valence-corrected chi connectivity index (χ0v) is 8.34. The molecule has 0 saturated heterocycles. The largest absolute Gasteiger partial charge is 0.396 e. The average Bonchev–Trinajstić information content (AvgIpc) is 2.52. The molecule has 2 heterocycles. The minimum Gasteiger partial charge on any atom is -0.396 e. The van der Waals surface area contributed by atoms with Gasteiger partial charge in [-0.05, 0) is 0 Å². The Kier molecular flexibility index (Phi) is 2.26. The summed E-state index contributed by atoms with van der Waals surface area (Å²) < 4.78 is 0. The average molecular weight is 230 g/mol. The van der Waals surface area contributed by atoms with Gasteiger partial charge in [0.25, 0.3) is 0 Å². The van der Waals surface area contributed by atoms with Crippen molar-refractivity contribution in [3.8, 4) is 11.3 Å². The molecule has 0 fully saturated rings. The Morgan fingerprint density at radius 1 is 1.21 bits per heavy atom. The van der Waals surface area contributed by atoms with Gasteiger partial charge in [0.2, 0.25) is 0 Å². The molecular formula is C7H5Cl2N5. The van der Waals surface area contributed by atoms with Gasteiger partial charge in [-0.15, -0.1) is 0 Å². The van der Waals surface area contributed by atoms with Crippen molar-refractivity contribution < 1.29 is 0 Å². The number of aromatic nitrogens is 4. The SMILES string of the molecule is Nc1cn[nH]c1-c1c(Cl)ncnc1Cl. The summed E-state index contributed by atoms with van der Waals surface area (Å²) in [6.07, 6.45) is 2.75. The van der Waals surface area contributed by atoms with Crippen LogP contribution < -0.4 is 5.73 Å². The predicted molar refractivity (Wildman–Crippen MR) is 54.0 cm³/mol. The molecule has 2 aromatic heterocycles. The lowest BCUT2D eigenvalue weighted by atomic mass is 10.2. The molecule has 0 aromatic carbocycles. The molecule has 72 valence electrons. The van der Waals surface area contributed by atoms with E-state index < -0.39 is 0 Å². The van der Waals surface area contributed by atoms with Crippen LogP contribution in [0.15, 0.2) is 12.5 Å². The summed E-state index contributed by atoms with van der Waals surface area (Å²) in [6.45, 7) is 0. The van der Waals surface area contributed by atoms with Gasteiger partial charge in [-0.2, -0.15) is 5.10 Å². The predicted octanol–water partition coefficient (Wildman–Crippen LogP) is 1.76. The van der Waals surface area contributed by atoms with E-state index in [1.54, 1.807) is 0 Å². The van der Waals surface area contributed by atoms with Gasteiger partial charge in [0.1, 0.15) is 16.6 Å². The van der Waals surface area contributed by atoms with Crippen molar-refractivity contribution in [1.82, 2.24) is 20.2 Å². The first-order valence-electron chi connectivity index (χ1n) is 3.65. The molecule has 0 bridgehead atoms. The summed E-state index contributed by atoms with van der Waals surface area (Å²) in [5.74, 6) is 0. The minimum atomic E-state index is 0.237. The van der Waals surface area contributed by atoms with Crippen LogP contribution in [0.3, 0.4) is 0 Å². The second-order valence-corrected chi connectivity index (χ2v) is 3.25. The van der Waals surface area contributed by atoms with E-state index in [0.717, 1.165) is 0 Å². The van der Waals surface area contributed by atoms with Crippen LogP contribution >= 0.6 is 23.2 Å². The zero-order chi connectivity index (χ0) is 10.1. The van der Waals surface area contributed by atoms with E-state index >= 15 is 0 Å². The molecule has 0 aliphatic heterocycles. The molecule has 7 heteroatoms. The van der Waals surface area contributed by atoms with Crippen LogP contribution in [-0.2, 0) is 0 Å². The number of nitrogens with zero attached hydrogens (tertiary/aromatic N) is 3. The van der Waals surface area contributed by atoms with E-state index in [2.05, 4.69) is 20.2 Å². The first-order valence-corrected chi connectivity index (χ1v) is 4.41. The second-order valence-electron chi connectivity index (χ2n) is 2.53. The lowest BCUT2D eigenvalue weighted by Crippen LogP contribution is -1.92. The molecule has 0 saturated carbocycles. The van der Waals surface area contributed by atoms with Crippen molar-refractivity contribution >= 4 is 28.9 Å². The number of hydrogen-bond donors (Lipinski definition) is 2. The van der Waals surface area contributed by atoms with E-state index in [-0.39, 0.29) is 10.3 Å². The molecule has 0 atom stereocenters. The summed E-state index contributed by atoms with van der Waals surface area (Å²) in [7, 11) is 0. The Labute approximate surface area is 89.3 Å². The number of hydrogen-bond acceptors (Lipinski definition) is 4. The van der Waals surface area contributed by atoms with Crippen LogP contribution in [0, 0.1) is 0 Å². The molecule has 0 radical (unpaired) electrons. The number of nitrogens with one attached hydrogen (secondary N) is 1. The Hall–Kier alpha value is -1.33. The molecule has 0 amide bonds. The van der Waals surface area contributed by atoms with Crippen molar-refractivity contribution in [3.05, 3.63) is 22.8 Å². The van der Waals surface area contributed by atoms with Gasteiger partial charge in [0.15, 0.2) is 0 Å². The van der Waals surface area contributed by atoms with Gasteiger partial charge in [-0.25, -0.2) is 9.97 Å². The highest BCUT2D eigenvalue weighted by Gasteiger charge is 2.14. The smallest absolute Gasteiger partial charge is 0.143 e. The third-order valence-electron chi connectivity index (χ3n) is 1.67. The lowest BCUT2D eigenvalue weighted by Gasteiger charge is -2.02. The molecule has 2 rings (SSSR count). The normalized spacial score (nSPS) is 10.4. The van der Waals surface area contributed by atoms with Gasteiger partial charge < -0.3 is 5.73 Å². The maximum Gasteiger partial charge on any atom is 0.143 e. The van der Waals surface area contributed by atoms with Crippen molar-refractivity contribution in [2.45, 2.75) is 0 Å². The van der Waals surface area contributed by atoms with Crippen LogP contribution in [-0.4, -0.2) is 20.2 Å². The molecule has 0 aliphatic rings. The van der Waals surface area contributed by atoms with Crippen molar-refractivity contribution in [3.63, 3.8) is 0 Å². The topological polar surface area (TPSA) is 80.5 Å². The highest BCUT2D eigenvalue weighted by atomic mass is 35.5. The monoisotopic (exact) mass is 229 g/mol. The quantitative estimate of drug-likeness (QED) is 0.731. The number of halogens is 2. The van der Waals surface area contributed by atoms with Crippen molar-refractivity contribution in [2.24, 2.45) is 0 Å². The number of anilines is 1. The molecular weight excluding hydrogens is 225 g/mol. The summed E-state index contributed by atoms with van der Waals surface area (Å²) in [4.78, 5) is 7.61. The van der Waals surface area contributed by atoms with E-state index in [0.29, 0.717) is 16.9 Å². The number of rotatable bonds is 1. The molecule has 2 aromatic rings. The number of nitrogen functional groups attached to an aromatic ring is 1. The minimum absolute atomic E-state index is 0.237. The maximum atomic E-state index is 5.85. The van der Waals surface area contributed by atoms with Gasteiger partial charge in [-0.1, -0.05) is 23.2 Å². The molecule has 5 nitrogen and oxygen atoms in total. The fraction of sp³-hybridized carbons (Fsp3) is 0. The fourth-order valence-electron chi connectivity index (χ4n) is 1.05. The van der Waals surface area contributed by atoms with Gasteiger partial charge >= 0.3 is 0 Å². The molecule has 14 heavy (non-hydrogen) atoms. The van der Waals surface area contributed by atoms with Gasteiger partial charge in [0, 0.05) is 0 Å². The first-order chi connectivity index (χ1) is 6.70. The lowest BCUT2D eigenvalue weighted by molar-refractivity contribution is 1.08. The Bertz CT molecular complexity index is 447. The number of H-pyrrole nitrogens is 1. The Morgan fingerprint density at radius 2 is 1.86 bits per heavy atom.